The summed E-state index contributed by atoms with van der Waals surface area (Å²) >= 11 is 12.1. The van der Waals surface area contributed by atoms with Gasteiger partial charge in [0.2, 0.25) is 5.91 Å². The molecule has 1 unspecified atom stereocenters. The molecule has 0 fully saturated rings. The van der Waals surface area contributed by atoms with Gasteiger partial charge in [-0.1, -0.05) is 29.3 Å². The Kier molecular flexibility index (Phi) is 11.5. The molecule has 2 rings (SSSR count). The van der Waals surface area contributed by atoms with E-state index in [1.165, 1.54) is 12.1 Å². The first-order valence-corrected chi connectivity index (χ1v) is 12.3. The lowest BCUT2D eigenvalue weighted by atomic mass is 9.94. The zero-order valence-corrected chi connectivity index (χ0v) is 21.7. The molecule has 206 valence electrons. The van der Waals surface area contributed by atoms with Gasteiger partial charge in [-0.05, 0) is 81.2 Å². The Labute approximate surface area is 221 Å². The van der Waals surface area contributed by atoms with Gasteiger partial charge in [0.15, 0.2) is 0 Å². The number of amides is 1. The highest BCUT2D eigenvalue weighted by molar-refractivity contribution is 6.42. The third-order valence-electron chi connectivity index (χ3n) is 5.34. The summed E-state index contributed by atoms with van der Waals surface area (Å²) in [5.41, 5.74) is -2.71. The van der Waals surface area contributed by atoms with Crippen LogP contribution in [0.15, 0.2) is 36.4 Å². The molecule has 0 bridgehead atoms. The van der Waals surface area contributed by atoms with Crippen LogP contribution < -0.4 is 10.6 Å². The minimum Gasteiger partial charge on any atom is -0.379 e. The van der Waals surface area contributed by atoms with Crippen LogP contribution in [0, 0.1) is 0 Å². The molecule has 2 aromatic rings. The minimum absolute atomic E-state index is 0.0434. The molecule has 4 nitrogen and oxygen atoms in total. The van der Waals surface area contributed by atoms with E-state index in [2.05, 4.69) is 10.6 Å². The van der Waals surface area contributed by atoms with Gasteiger partial charge in [-0.2, -0.15) is 26.3 Å². The van der Waals surface area contributed by atoms with Crippen LogP contribution in [-0.2, 0) is 28.4 Å². The molecule has 0 aliphatic rings. The Hall–Kier alpha value is -2.01. The van der Waals surface area contributed by atoms with Crippen LogP contribution in [0.5, 0.6) is 0 Å². The SMILES string of the molecule is CC(C)OCCCNCCC(C(=O)NCc1cc(C(F)(F)F)cc(C(F)(F)F)c1)c1ccc(Cl)c(Cl)c1. The summed E-state index contributed by atoms with van der Waals surface area (Å²) in [7, 11) is 0. The number of rotatable bonds is 12. The predicted octanol–water partition coefficient (Wildman–Crippen LogP) is 7.23. The molecular weight excluding hydrogens is 545 g/mol. The Balaban J connectivity index is 2.14. The summed E-state index contributed by atoms with van der Waals surface area (Å²) in [5, 5.41) is 6.14. The second kappa shape index (κ2) is 13.7. The molecule has 0 aromatic heterocycles. The van der Waals surface area contributed by atoms with Gasteiger partial charge < -0.3 is 15.4 Å². The molecule has 0 aliphatic heterocycles. The maximum Gasteiger partial charge on any atom is 0.416 e. The standard InChI is InChI=1S/C25H28Cl2F6N2O2/c1-15(2)37-9-3-7-34-8-6-20(17-4-5-21(26)22(27)12-17)23(36)35-14-16-10-18(24(28,29)30)13-19(11-16)25(31,32)33/h4-5,10-13,15,20,34H,3,6-9,14H2,1-2H3,(H,35,36). The molecule has 0 radical (unpaired) electrons. The molecule has 2 N–H and O–H groups in total. The number of carbonyl (C=O) groups excluding carboxylic acids is 1. The average Bonchev–Trinajstić information content (AvgIpc) is 2.79. The maximum atomic E-state index is 13.2. The van der Waals surface area contributed by atoms with Gasteiger partial charge in [0.05, 0.1) is 33.2 Å². The molecule has 0 spiro atoms. The van der Waals surface area contributed by atoms with Crippen molar-refractivity contribution in [1.82, 2.24) is 10.6 Å². The molecule has 0 saturated carbocycles. The van der Waals surface area contributed by atoms with E-state index < -0.39 is 41.8 Å². The number of carbonyl (C=O) groups is 1. The number of alkyl halides is 6. The highest BCUT2D eigenvalue weighted by atomic mass is 35.5. The number of halogens is 8. The lowest BCUT2D eigenvalue weighted by Crippen LogP contribution is -2.31. The van der Waals surface area contributed by atoms with Crippen molar-refractivity contribution in [1.29, 1.82) is 0 Å². The number of ether oxygens (including phenoxy) is 1. The van der Waals surface area contributed by atoms with Crippen molar-refractivity contribution in [2.24, 2.45) is 0 Å². The minimum atomic E-state index is -4.98. The van der Waals surface area contributed by atoms with Gasteiger partial charge in [0, 0.05) is 13.2 Å². The van der Waals surface area contributed by atoms with E-state index in [9.17, 15) is 31.1 Å². The van der Waals surface area contributed by atoms with Gasteiger partial charge in [-0.15, -0.1) is 0 Å². The zero-order chi connectivity index (χ0) is 27.8. The quantitative estimate of drug-likeness (QED) is 0.208. The molecule has 2 aromatic carbocycles. The smallest absolute Gasteiger partial charge is 0.379 e. The summed E-state index contributed by atoms with van der Waals surface area (Å²) < 4.78 is 84.4. The van der Waals surface area contributed by atoms with Gasteiger partial charge in [-0.3, -0.25) is 4.79 Å². The summed E-state index contributed by atoms with van der Waals surface area (Å²) in [5.74, 6) is -1.35. The van der Waals surface area contributed by atoms with Gasteiger partial charge >= 0.3 is 12.4 Å². The van der Waals surface area contributed by atoms with E-state index in [1.807, 2.05) is 13.8 Å². The van der Waals surface area contributed by atoms with E-state index in [1.54, 1.807) is 6.07 Å². The fourth-order valence-electron chi connectivity index (χ4n) is 3.50. The second-order valence-corrected chi connectivity index (χ2v) is 9.48. The highest BCUT2D eigenvalue weighted by Gasteiger charge is 2.37. The van der Waals surface area contributed by atoms with Crippen molar-refractivity contribution in [3.63, 3.8) is 0 Å². The van der Waals surface area contributed by atoms with E-state index in [4.69, 9.17) is 27.9 Å². The lowest BCUT2D eigenvalue weighted by Gasteiger charge is -2.19. The van der Waals surface area contributed by atoms with Gasteiger partial charge in [-0.25, -0.2) is 0 Å². The van der Waals surface area contributed by atoms with Crippen LogP contribution in [-0.4, -0.2) is 31.7 Å². The maximum absolute atomic E-state index is 13.2. The van der Waals surface area contributed by atoms with Crippen LogP contribution in [0.3, 0.4) is 0 Å². The summed E-state index contributed by atoms with van der Waals surface area (Å²) in [4.78, 5) is 13.0. The van der Waals surface area contributed by atoms with E-state index in [0.29, 0.717) is 43.8 Å². The summed E-state index contributed by atoms with van der Waals surface area (Å²) in [6.07, 6.45) is -8.79. The first-order chi connectivity index (χ1) is 17.2. The fourth-order valence-corrected chi connectivity index (χ4v) is 3.81. The van der Waals surface area contributed by atoms with Crippen LogP contribution in [0.25, 0.3) is 0 Å². The molecule has 1 amide bonds. The molecule has 0 saturated heterocycles. The normalized spacial score (nSPS) is 13.2. The molecule has 0 aliphatic carbocycles. The van der Waals surface area contributed by atoms with Crippen LogP contribution in [0.1, 0.15) is 54.9 Å². The number of nitrogens with one attached hydrogen (secondary N) is 2. The van der Waals surface area contributed by atoms with Gasteiger partial charge in [0.1, 0.15) is 0 Å². The largest absolute Gasteiger partial charge is 0.416 e. The molecular formula is C25H28Cl2F6N2O2. The van der Waals surface area contributed by atoms with E-state index >= 15 is 0 Å². The van der Waals surface area contributed by atoms with Crippen molar-refractivity contribution in [3.05, 3.63) is 68.7 Å². The molecule has 12 heteroatoms. The summed E-state index contributed by atoms with van der Waals surface area (Å²) in [6.45, 7) is 4.95. The van der Waals surface area contributed by atoms with E-state index in [-0.39, 0.29) is 27.8 Å². The van der Waals surface area contributed by atoms with Crippen molar-refractivity contribution < 1.29 is 35.9 Å². The Morgan fingerprint density at radius 2 is 1.54 bits per heavy atom. The average molecular weight is 573 g/mol. The molecule has 1 atom stereocenters. The number of hydrogen-bond donors (Lipinski definition) is 2. The van der Waals surface area contributed by atoms with Crippen LogP contribution in [0.2, 0.25) is 10.0 Å². The predicted molar refractivity (Wildman–Crippen MR) is 131 cm³/mol. The van der Waals surface area contributed by atoms with Crippen molar-refractivity contribution >= 4 is 29.1 Å². The lowest BCUT2D eigenvalue weighted by molar-refractivity contribution is -0.143. The number of hydrogen-bond acceptors (Lipinski definition) is 3. The first-order valence-electron chi connectivity index (χ1n) is 11.5. The topological polar surface area (TPSA) is 50.4 Å². The molecule has 37 heavy (non-hydrogen) atoms. The van der Waals surface area contributed by atoms with Crippen LogP contribution in [0.4, 0.5) is 26.3 Å². The highest BCUT2D eigenvalue weighted by Crippen LogP contribution is 2.36. The molecule has 0 heterocycles. The Morgan fingerprint density at radius 3 is 2.08 bits per heavy atom. The Morgan fingerprint density at radius 1 is 0.919 bits per heavy atom. The third kappa shape index (κ3) is 10.3. The second-order valence-electron chi connectivity index (χ2n) is 8.67. The fraction of sp³-hybridized carbons (Fsp3) is 0.480. The van der Waals surface area contributed by atoms with Crippen LogP contribution >= 0.6 is 23.2 Å². The zero-order valence-electron chi connectivity index (χ0n) is 20.2. The third-order valence-corrected chi connectivity index (χ3v) is 6.07. The van der Waals surface area contributed by atoms with Crippen molar-refractivity contribution in [3.8, 4) is 0 Å². The monoisotopic (exact) mass is 572 g/mol. The van der Waals surface area contributed by atoms with Gasteiger partial charge in [0.25, 0.3) is 0 Å². The Bertz CT molecular complexity index is 1010. The van der Waals surface area contributed by atoms with E-state index in [0.717, 1.165) is 6.42 Å². The number of benzene rings is 2. The van der Waals surface area contributed by atoms with Crippen molar-refractivity contribution in [2.45, 2.75) is 57.6 Å². The van der Waals surface area contributed by atoms with Crippen molar-refractivity contribution in [2.75, 3.05) is 19.7 Å². The summed E-state index contributed by atoms with van der Waals surface area (Å²) in [6, 6.07) is 5.84. The first kappa shape index (κ1) is 31.2.